The van der Waals surface area contributed by atoms with Crippen molar-refractivity contribution in [3.05, 3.63) is 53.9 Å². The number of hydrogen-bond acceptors (Lipinski definition) is 4. The Morgan fingerprint density at radius 2 is 2.00 bits per heavy atom. The summed E-state index contributed by atoms with van der Waals surface area (Å²) in [5.41, 5.74) is 1.25. The first-order valence-electron chi connectivity index (χ1n) is 5.05. The number of aliphatic hydroxyl groups is 1. The van der Waals surface area contributed by atoms with Gasteiger partial charge in [0.25, 0.3) is 0 Å². The largest absolute Gasteiger partial charge is 0.454 e. The van der Waals surface area contributed by atoms with Crippen LogP contribution in [-0.4, -0.2) is 10.1 Å². The first-order chi connectivity index (χ1) is 8.33. The van der Waals surface area contributed by atoms with E-state index >= 15 is 0 Å². The van der Waals surface area contributed by atoms with E-state index in [0.29, 0.717) is 17.1 Å². The Morgan fingerprint density at radius 3 is 2.65 bits per heavy atom. The molecular formula is C13H10N2O2. The van der Waals surface area contributed by atoms with Gasteiger partial charge in [-0.2, -0.15) is 5.26 Å². The molecule has 1 aromatic carbocycles. The van der Waals surface area contributed by atoms with Crippen molar-refractivity contribution in [2.75, 3.05) is 0 Å². The third kappa shape index (κ3) is 2.60. The fraction of sp³-hybridized carbons (Fsp3) is 0.0769. The minimum atomic E-state index is -0.00336. The van der Waals surface area contributed by atoms with Gasteiger partial charge < -0.3 is 9.84 Å². The number of rotatable bonds is 3. The highest BCUT2D eigenvalue weighted by atomic mass is 16.5. The lowest BCUT2D eigenvalue weighted by Gasteiger charge is -2.06. The highest BCUT2D eigenvalue weighted by Crippen LogP contribution is 2.23. The zero-order valence-electron chi connectivity index (χ0n) is 9.00. The predicted molar refractivity (Wildman–Crippen MR) is 61.4 cm³/mol. The molecule has 4 heteroatoms. The molecule has 0 atom stereocenters. The number of pyridine rings is 1. The Balaban J connectivity index is 2.23. The second-order valence-corrected chi connectivity index (χ2v) is 3.39. The smallest absolute Gasteiger partial charge is 0.163 e. The predicted octanol–water partition coefficient (Wildman–Crippen LogP) is 2.24. The first-order valence-corrected chi connectivity index (χ1v) is 5.05. The highest BCUT2D eigenvalue weighted by molar-refractivity contribution is 5.43. The molecule has 0 aliphatic rings. The molecule has 84 valence electrons. The molecule has 0 spiro atoms. The zero-order chi connectivity index (χ0) is 12.1. The van der Waals surface area contributed by atoms with Crippen molar-refractivity contribution in [2.45, 2.75) is 6.61 Å². The van der Waals surface area contributed by atoms with Crippen LogP contribution in [0.1, 0.15) is 11.1 Å². The number of aromatic nitrogens is 1. The maximum absolute atomic E-state index is 8.91. The van der Waals surface area contributed by atoms with Crippen molar-refractivity contribution < 1.29 is 9.84 Å². The number of aliphatic hydroxyl groups excluding tert-OH is 1. The Morgan fingerprint density at radius 1 is 1.24 bits per heavy atom. The molecule has 0 fully saturated rings. The number of ether oxygens (including phenoxy) is 1. The van der Waals surface area contributed by atoms with Crippen LogP contribution in [-0.2, 0) is 6.61 Å². The van der Waals surface area contributed by atoms with E-state index in [4.69, 9.17) is 15.1 Å². The van der Waals surface area contributed by atoms with Crippen LogP contribution in [0.25, 0.3) is 0 Å². The summed E-state index contributed by atoms with van der Waals surface area (Å²) in [6.45, 7) is -0.00336. The summed E-state index contributed by atoms with van der Waals surface area (Å²) in [6.07, 6.45) is 3.04. The molecule has 1 aromatic heterocycles. The van der Waals surface area contributed by atoms with Gasteiger partial charge in [0.1, 0.15) is 11.8 Å². The maximum Gasteiger partial charge on any atom is 0.163 e. The van der Waals surface area contributed by atoms with Crippen molar-refractivity contribution in [1.82, 2.24) is 4.98 Å². The molecule has 2 rings (SSSR count). The maximum atomic E-state index is 8.91. The molecule has 0 amide bonds. The van der Waals surface area contributed by atoms with Crippen molar-refractivity contribution in [3.8, 4) is 17.6 Å². The van der Waals surface area contributed by atoms with Crippen molar-refractivity contribution in [3.63, 3.8) is 0 Å². The summed E-state index contributed by atoms with van der Waals surface area (Å²) in [4.78, 5) is 3.91. The van der Waals surface area contributed by atoms with E-state index in [2.05, 4.69) is 4.98 Å². The lowest BCUT2D eigenvalue weighted by molar-refractivity contribution is 0.281. The van der Waals surface area contributed by atoms with Crippen LogP contribution in [0.2, 0.25) is 0 Å². The van der Waals surface area contributed by atoms with Crippen LogP contribution < -0.4 is 4.74 Å². The average molecular weight is 226 g/mol. The van der Waals surface area contributed by atoms with Gasteiger partial charge in [-0.05, 0) is 23.8 Å². The van der Waals surface area contributed by atoms with Crippen LogP contribution in [0.15, 0.2) is 42.7 Å². The monoisotopic (exact) mass is 226 g/mol. The lowest BCUT2D eigenvalue weighted by Crippen LogP contribution is -1.90. The Hall–Kier alpha value is -2.38. The number of nitrogens with zero attached hydrogens (tertiary/aromatic N) is 2. The first kappa shape index (κ1) is 11.1. The minimum Gasteiger partial charge on any atom is -0.454 e. The van der Waals surface area contributed by atoms with E-state index in [1.54, 1.807) is 36.5 Å². The van der Waals surface area contributed by atoms with E-state index < -0.39 is 0 Å². The summed E-state index contributed by atoms with van der Waals surface area (Å²) < 4.78 is 5.53. The second-order valence-electron chi connectivity index (χ2n) is 3.39. The molecule has 0 aliphatic heterocycles. The van der Waals surface area contributed by atoms with Gasteiger partial charge in [-0.3, -0.25) is 4.98 Å². The summed E-state index contributed by atoms with van der Waals surface area (Å²) in [7, 11) is 0. The van der Waals surface area contributed by atoms with Gasteiger partial charge in [-0.15, -0.1) is 0 Å². The second kappa shape index (κ2) is 5.10. The van der Waals surface area contributed by atoms with Crippen LogP contribution in [0, 0.1) is 11.3 Å². The van der Waals surface area contributed by atoms with Crippen LogP contribution >= 0.6 is 0 Å². The van der Waals surface area contributed by atoms with Gasteiger partial charge in [0.15, 0.2) is 5.75 Å². The number of hydrogen-bond donors (Lipinski definition) is 1. The molecule has 1 N–H and O–H groups in total. The van der Waals surface area contributed by atoms with Crippen LogP contribution in [0.5, 0.6) is 11.5 Å². The lowest BCUT2D eigenvalue weighted by atomic mass is 10.2. The molecule has 0 unspecified atom stereocenters. The Labute approximate surface area is 98.7 Å². The molecule has 4 nitrogen and oxygen atoms in total. The number of nitriles is 1. The van der Waals surface area contributed by atoms with E-state index in [9.17, 15) is 0 Å². The normalized spacial score (nSPS) is 9.65. The molecule has 0 bridgehead atoms. The zero-order valence-corrected chi connectivity index (χ0v) is 9.00. The summed E-state index contributed by atoms with van der Waals surface area (Å²) in [5, 5.41) is 17.8. The van der Waals surface area contributed by atoms with Gasteiger partial charge in [0.2, 0.25) is 0 Å². The van der Waals surface area contributed by atoms with Crippen molar-refractivity contribution >= 4 is 0 Å². The highest BCUT2D eigenvalue weighted by Gasteiger charge is 2.03. The van der Waals surface area contributed by atoms with E-state index in [0.717, 1.165) is 5.56 Å². The third-order valence-electron chi connectivity index (χ3n) is 2.24. The SMILES string of the molecule is N#Cc1ccncc1Oc1ccc(CO)cc1. The van der Waals surface area contributed by atoms with Crippen LogP contribution in [0.3, 0.4) is 0 Å². The third-order valence-corrected chi connectivity index (χ3v) is 2.24. The van der Waals surface area contributed by atoms with Crippen LogP contribution in [0.4, 0.5) is 0 Å². The standard InChI is InChI=1S/C13H10N2O2/c14-7-11-5-6-15-8-13(11)17-12-3-1-10(9-16)2-4-12/h1-6,8,16H,9H2. The molecule has 0 radical (unpaired) electrons. The fourth-order valence-corrected chi connectivity index (χ4v) is 1.34. The summed E-state index contributed by atoms with van der Waals surface area (Å²) >= 11 is 0. The summed E-state index contributed by atoms with van der Waals surface area (Å²) in [6, 6.07) is 10.6. The quantitative estimate of drug-likeness (QED) is 0.871. The molecule has 1 heterocycles. The van der Waals surface area contributed by atoms with Gasteiger partial charge >= 0.3 is 0 Å². The molecular weight excluding hydrogens is 216 g/mol. The topological polar surface area (TPSA) is 66.1 Å². The van der Waals surface area contributed by atoms with E-state index in [1.165, 1.54) is 6.20 Å². The molecule has 0 aliphatic carbocycles. The molecule has 2 aromatic rings. The van der Waals surface area contributed by atoms with E-state index in [1.807, 2.05) is 6.07 Å². The van der Waals surface area contributed by atoms with E-state index in [-0.39, 0.29) is 6.61 Å². The fourth-order valence-electron chi connectivity index (χ4n) is 1.34. The van der Waals surface area contributed by atoms with Crippen molar-refractivity contribution in [2.24, 2.45) is 0 Å². The van der Waals surface area contributed by atoms with Gasteiger partial charge in [0, 0.05) is 6.20 Å². The van der Waals surface area contributed by atoms with Gasteiger partial charge in [0.05, 0.1) is 18.4 Å². The molecule has 17 heavy (non-hydrogen) atoms. The average Bonchev–Trinajstić information content (AvgIpc) is 2.40. The summed E-state index contributed by atoms with van der Waals surface area (Å²) in [5.74, 6) is 1.03. The Bertz CT molecular complexity index is 544. The van der Waals surface area contributed by atoms with Crippen molar-refractivity contribution in [1.29, 1.82) is 5.26 Å². The molecule has 0 saturated heterocycles. The number of benzene rings is 1. The molecule has 0 saturated carbocycles. The van der Waals surface area contributed by atoms with Gasteiger partial charge in [-0.25, -0.2) is 0 Å². The van der Waals surface area contributed by atoms with Gasteiger partial charge in [-0.1, -0.05) is 12.1 Å². The minimum absolute atomic E-state index is 0.00336. The Kier molecular flexibility index (Phi) is 3.34.